The molecular formula is C20H21NO3S. The monoisotopic (exact) mass is 355 g/mol. The second-order valence-electron chi connectivity index (χ2n) is 5.63. The van der Waals surface area contributed by atoms with Crippen LogP contribution in [0.2, 0.25) is 0 Å². The van der Waals surface area contributed by atoms with E-state index in [0.717, 1.165) is 34.6 Å². The molecule has 0 aliphatic rings. The van der Waals surface area contributed by atoms with Crippen LogP contribution in [-0.2, 0) is 0 Å². The van der Waals surface area contributed by atoms with Crippen LogP contribution < -0.4 is 9.47 Å². The minimum Gasteiger partial charge on any atom is -0.497 e. The Morgan fingerprint density at radius 2 is 1.72 bits per heavy atom. The van der Waals surface area contributed by atoms with Gasteiger partial charge in [0.1, 0.15) is 11.5 Å². The van der Waals surface area contributed by atoms with Gasteiger partial charge in [-0.3, -0.25) is 9.36 Å². The first kappa shape index (κ1) is 17.4. The van der Waals surface area contributed by atoms with Crippen LogP contribution >= 0.6 is 11.8 Å². The normalized spacial score (nSPS) is 10.8. The first-order chi connectivity index (χ1) is 12.2. The van der Waals surface area contributed by atoms with E-state index in [0.29, 0.717) is 6.42 Å². The number of ether oxygens (including phenoxy) is 2. The van der Waals surface area contributed by atoms with Crippen LogP contribution in [0, 0.1) is 0 Å². The average Bonchev–Trinajstić information content (AvgIpc) is 3.08. The van der Waals surface area contributed by atoms with Crippen LogP contribution in [-0.4, -0.2) is 30.4 Å². The Kier molecular flexibility index (Phi) is 5.66. The van der Waals surface area contributed by atoms with E-state index in [1.807, 2.05) is 54.7 Å². The molecule has 130 valence electrons. The predicted molar refractivity (Wildman–Crippen MR) is 102 cm³/mol. The molecule has 0 aliphatic carbocycles. The molecule has 4 nitrogen and oxygen atoms in total. The van der Waals surface area contributed by atoms with Crippen molar-refractivity contribution in [1.29, 1.82) is 0 Å². The van der Waals surface area contributed by atoms with Gasteiger partial charge in [0.15, 0.2) is 0 Å². The van der Waals surface area contributed by atoms with Gasteiger partial charge >= 0.3 is 0 Å². The van der Waals surface area contributed by atoms with Crippen molar-refractivity contribution in [3.63, 3.8) is 0 Å². The molecule has 1 aromatic heterocycles. The van der Waals surface area contributed by atoms with Crippen molar-refractivity contribution < 1.29 is 14.3 Å². The van der Waals surface area contributed by atoms with E-state index in [1.54, 1.807) is 30.5 Å². The van der Waals surface area contributed by atoms with Gasteiger partial charge in [0.2, 0.25) is 5.91 Å². The summed E-state index contributed by atoms with van der Waals surface area (Å²) in [5.74, 6) is 2.63. The molecule has 0 atom stereocenters. The fourth-order valence-electron chi connectivity index (χ4n) is 2.66. The van der Waals surface area contributed by atoms with E-state index in [2.05, 4.69) is 0 Å². The molecule has 0 unspecified atom stereocenters. The number of fused-ring (bicyclic) bond motifs is 1. The molecule has 0 radical (unpaired) electrons. The number of thioether (sulfide) groups is 1. The molecule has 0 saturated heterocycles. The Labute approximate surface area is 151 Å². The zero-order valence-electron chi connectivity index (χ0n) is 14.4. The molecule has 0 N–H and O–H groups in total. The predicted octanol–water partition coefficient (Wildman–Crippen LogP) is 4.87. The fourth-order valence-corrected chi connectivity index (χ4v) is 3.51. The number of aromatic nitrogens is 1. The van der Waals surface area contributed by atoms with Crippen molar-refractivity contribution in [2.24, 2.45) is 0 Å². The molecular weight excluding hydrogens is 334 g/mol. The number of carbonyl (C=O) groups excluding carboxylic acids is 1. The van der Waals surface area contributed by atoms with Crippen molar-refractivity contribution >= 4 is 28.6 Å². The summed E-state index contributed by atoms with van der Waals surface area (Å²) < 4.78 is 12.1. The van der Waals surface area contributed by atoms with E-state index < -0.39 is 0 Å². The lowest BCUT2D eigenvalue weighted by atomic mass is 10.2. The largest absolute Gasteiger partial charge is 0.497 e. The third-order valence-corrected chi connectivity index (χ3v) is 5.13. The third-order valence-electron chi connectivity index (χ3n) is 4.03. The number of rotatable bonds is 7. The quantitative estimate of drug-likeness (QED) is 0.448. The Morgan fingerprint density at radius 3 is 2.44 bits per heavy atom. The van der Waals surface area contributed by atoms with Gasteiger partial charge in [-0.05, 0) is 54.6 Å². The maximum atomic E-state index is 12.5. The molecule has 0 aliphatic heterocycles. The molecule has 25 heavy (non-hydrogen) atoms. The lowest BCUT2D eigenvalue weighted by Crippen LogP contribution is -2.09. The summed E-state index contributed by atoms with van der Waals surface area (Å²) >= 11 is 1.75. The van der Waals surface area contributed by atoms with Gasteiger partial charge < -0.3 is 9.47 Å². The zero-order chi connectivity index (χ0) is 17.6. The zero-order valence-corrected chi connectivity index (χ0v) is 15.2. The average molecular weight is 355 g/mol. The van der Waals surface area contributed by atoms with Gasteiger partial charge in [0, 0.05) is 29.0 Å². The molecule has 0 amide bonds. The van der Waals surface area contributed by atoms with Gasteiger partial charge in [-0.2, -0.15) is 0 Å². The molecule has 3 aromatic rings. The number of carbonyl (C=O) groups is 1. The van der Waals surface area contributed by atoms with Crippen molar-refractivity contribution in [3.8, 4) is 11.5 Å². The van der Waals surface area contributed by atoms with E-state index in [9.17, 15) is 4.79 Å². The highest BCUT2D eigenvalue weighted by Crippen LogP contribution is 2.24. The summed E-state index contributed by atoms with van der Waals surface area (Å²) in [5.41, 5.74) is 0.896. The smallest absolute Gasteiger partial charge is 0.231 e. The number of hydrogen-bond donors (Lipinski definition) is 0. The van der Waals surface area contributed by atoms with Gasteiger partial charge in [0.25, 0.3) is 0 Å². The SMILES string of the molecule is COc1ccc(SCCCC(=O)n2ccc3ccc(OC)cc32)cc1. The molecule has 1 heterocycles. The standard InChI is InChI=1S/C20H21NO3S/c1-23-16-7-9-18(10-8-16)25-13-3-4-20(22)21-12-11-15-5-6-17(24-2)14-19(15)21/h5-12,14H,3-4,13H2,1-2H3. The first-order valence-electron chi connectivity index (χ1n) is 8.16. The highest BCUT2D eigenvalue weighted by molar-refractivity contribution is 7.99. The van der Waals surface area contributed by atoms with E-state index in [-0.39, 0.29) is 5.91 Å². The number of methoxy groups -OCH3 is 2. The highest BCUT2D eigenvalue weighted by atomic mass is 32.2. The summed E-state index contributed by atoms with van der Waals surface area (Å²) in [5, 5.41) is 1.04. The first-order valence-corrected chi connectivity index (χ1v) is 9.15. The van der Waals surface area contributed by atoms with Crippen LogP contribution in [0.3, 0.4) is 0 Å². The molecule has 0 spiro atoms. The van der Waals surface area contributed by atoms with E-state index >= 15 is 0 Å². The van der Waals surface area contributed by atoms with E-state index in [1.165, 1.54) is 4.90 Å². The van der Waals surface area contributed by atoms with Gasteiger partial charge in [0.05, 0.1) is 19.7 Å². The molecule has 0 saturated carbocycles. The molecule has 0 bridgehead atoms. The van der Waals surface area contributed by atoms with Crippen molar-refractivity contribution in [2.75, 3.05) is 20.0 Å². The van der Waals surface area contributed by atoms with Crippen LogP contribution in [0.15, 0.2) is 59.6 Å². The summed E-state index contributed by atoms with van der Waals surface area (Å²) in [4.78, 5) is 13.7. The number of hydrogen-bond acceptors (Lipinski definition) is 4. The Balaban J connectivity index is 1.55. The molecule has 0 fully saturated rings. The van der Waals surface area contributed by atoms with Crippen LogP contribution in [0.5, 0.6) is 11.5 Å². The fraction of sp³-hybridized carbons (Fsp3) is 0.250. The number of nitrogens with zero attached hydrogens (tertiary/aromatic N) is 1. The van der Waals surface area contributed by atoms with Crippen LogP contribution in [0.25, 0.3) is 10.9 Å². The van der Waals surface area contributed by atoms with Gasteiger partial charge in [-0.1, -0.05) is 0 Å². The van der Waals surface area contributed by atoms with Crippen molar-refractivity contribution in [3.05, 3.63) is 54.7 Å². The minimum absolute atomic E-state index is 0.110. The molecule has 3 rings (SSSR count). The van der Waals surface area contributed by atoms with Crippen LogP contribution in [0.4, 0.5) is 0 Å². The van der Waals surface area contributed by atoms with Gasteiger partial charge in [-0.15, -0.1) is 11.8 Å². The third kappa shape index (κ3) is 4.17. The van der Waals surface area contributed by atoms with Gasteiger partial charge in [-0.25, -0.2) is 0 Å². The maximum absolute atomic E-state index is 12.5. The lowest BCUT2D eigenvalue weighted by Gasteiger charge is -2.06. The molecule has 2 aromatic carbocycles. The van der Waals surface area contributed by atoms with Crippen molar-refractivity contribution in [1.82, 2.24) is 4.57 Å². The summed E-state index contributed by atoms with van der Waals surface area (Å²) in [7, 11) is 3.29. The van der Waals surface area contributed by atoms with Crippen molar-refractivity contribution in [2.45, 2.75) is 17.7 Å². The summed E-state index contributed by atoms with van der Waals surface area (Å²) in [6.45, 7) is 0. The minimum atomic E-state index is 0.110. The molecule has 5 heteroatoms. The number of benzene rings is 2. The Morgan fingerprint density at radius 1 is 1.00 bits per heavy atom. The summed E-state index contributed by atoms with van der Waals surface area (Å²) in [6.07, 6.45) is 3.19. The topological polar surface area (TPSA) is 40.5 Å². The Hall–Kier alpha value is -2.40. The highest BCUT2D eigenvalue weighted by Gasteiger charge is 2.09. The maximum Gasteiger partial charge on any atom is 0.231 e. The summed E-state index contributed by atoms with van der Waals surface area (Å²) in [6, 6.07) is 15.7. The second-order valence-corrected chi connectivity index (χ2v) is 6.80. The second kappa shape index (κ2) is 8.12. The lowest BCUT2D eigenvalue weighted by molar-refractivity contribution is 0.0907. The Bertz CT molecular complexity index is 855. The van der Waals surface area contributed by atoms with Crippen LogP contribution in [0.1, 0.15) is 17.6 Å². The van der Waals surface area contributed by atoms with E-state index in [4.69, 9.17) is 9.47 Å².